The largest absolute Gasteiger partial charge is 0.493 e. The van der Waals surface area contributed by atoms with Crippen LogP contribution in [0.15, 0.2) is 18.2 Å². The molecule has 1 aromatic carbocycles. The maximum atomic E-state index is 13.2. The van der Waals surface area contributed by atoms with Crippen LogP contribution in [0.5, 0.6) is 5.75 Å². The maximum Gasteiger partial charge on any atom is 0.341 e. The van der Waals surface area contributed by atoms with Gasteiger partial charge in [-0.3, -0.25) is 4.79 Å². The molecule has 0 bridgehead atoms. The third-order valence-electron chi connectivity index (χ3n) is 4.98. The molecule has 2 atom stereocenters. The summed E-state index contributed by atoms with van der Waals surface area (Å²) < 4.78 is 16.7. The third-order valence-corrected chi connectivity index (χ3v) is 4.98. The number of esters is 1. The molecule has 28 heavy (non-hydrogen) atoms. The Hall–Kier alpha value is -2.08. The van der Waals surface area contributed by atoms with Crippen molar-refractivity contribution in [1.29, 1.82) is 0 Å². The lowest BCUT2D eigenvalue weighted by molar-refractivity contribution is -0.148. The first-order valence-electron chi connectivity index (χ1n) is 10.3. The standard InChI is InChI=1S/C22H33NO5/c1-5-13-28-22(12-8-9-16(4)15-22)21(25)23-17-10-11-19(26-6-2)18(14-17)20(24)27-7-3/h10-11,14,16H,5-9,12-13,15H2,1-4H3,(H,23,25)/t16-,22+/m1/s1. The highest BCUT2D eigenvalue weighted by molar-refractivity contribution is 5.99. The molecule has 0 heterocycles. The van der Waals surface area contributed by atoms with Gasteiger partial charge in [0, 0.05) is 12.3 Å². The van der Waals surface area contributed by atoms with E-state index in [9.17, 15) is 9.59 Å². The number of carbonyl (C=O) groups is 2. The molecule has 1 saturated carbocycles. The SMILES string of the molecule is CCCO[C@@]1(C(=O)Nc2ccc(OCC)c(C(=O)OCC)c2)CCC[C@@H](C)C1. The van der Waals surface area contributed by atoms with Crippen LogP contribution in [0.2, 0.25) is 0 Å². The van der Waals surface area contributed by atoms with Crippen molar-refractivity contribution in [2.24, 2.45) is 5.92 Å². The molecular formula is C22H33NO5. The molecular weight excluding hydrogens is 358 g/mol. The molecule has 0 aromatic heterocycles. The van der Waals surface area contributed by atoms with Crippen LogP contribution in [0.25, 0.3) is 0 Å². The second-order valence-corrected chi connectivity index (χ2v) is 7.36. The van der Waals surface area contributed by atoms with Crippen molar-refractivity contribution >= 4 is 17.6 Å². The minimum atomic E-state index is -0.809. The van der Waals surface area contributed by atoms with Crippen molar-refractivity contribution in [3.05, 3.63) is 23.8 Å². The molecule has 0 aliphatic heterocycles. The molecule has 1 amide bonds. The smallest absolute Gasteiger partial charge is 0.341 e. The zero-order valence-electron chi connectivity index (χ0n) is 17.5. The van der Waals surface area contributed by atoms with E-state index in [2.05, 4.69) is 12.2 Å². The predicted octanol–water partition coefficient (Wildman–Crippen LogP) is 4.58. The Kier molecular flexibility index (Phi) is 8.30. The summed E-state index contributed by atoms with van der Waals surface area (Å²) in [6.45, 7) is 9.06. The zero-order chi connectivity index (χ0) is 20.6. The highest BCUT2D eigenvalue weighted by atomic mass is 16.5. The fraction of sp³-hybridized carbons (Fsp3) is 0.636. The Morgan fingerprint density at radius 2 is 2.00 bits per heavy atom. The van der Waals surface area contributed by atoms with Gasteiger partial charge >= 0.3 is 5.97 Å². The third kappa shape index (κ3) is 5.47. The van der Waals surface area contributed by atoms with Crippen molar-refractivity contribution in [1.82, 2.24) is 0 Å². The van der Waals surface area contributed by atoms with Gasteiger partial charge in [0.15, 0.2) is 0 Å². The summed E-state index contributed by atoms with van der Waals surface area (Å²) in [6.07, 6.45) is 4.36. The van der Waals surface area contributed by atoms with Crippen LogP contribution in [0.3, 0.4) is 0 Å². The van der Waals surface area contributed by atoms with E-state index in [1.54, 1.807) is 25.1 Å². The Morgan fingerprint density at radius 1 is 1.21 bits per heavy atom. The second kappa shape index (κ2) is 10.5. The van der Waals surface area contributed by atoms with Gasteiger partial charge < -0.3 is 19.5 Å². The van der Waals surface area contributed by atoms with Crippen molar-refractivity contribution in [3.8, 4) is 5.75 Å². The Morgan fingerprint density at radius 3 is 2.64 bits per heavy atom. The zero-order valence-corrected chi connectivity index (χ0v) is 17.5. The van der Waals surface area contributed by atoms with E-state index in [1.165, 1.54) is 0 Å². The molecule has 1 N–H and O–H groups in total. The van der Waals surface area contributed by atoms with Crippen LogP contribution in [-0.2, 0) is 14.3 Å². The van der Waals surface area contributed by atoms with Gasteiger partial charge in [-0.05, 0) is 63.6 Å². The van der Waals surface area contributed by atoms with E-state index in [-0.39, 0.29) is 12.5 Å². The van der Waals surface area contributed by atoms with E-state index in [4.69, 9.17) is 14.2 Å². The molecule has 0 radical (unpaired) electrons. The van der Waals surface area contributed by atoms with E-state index < -0.39 is 11.6 Å². The number of hydrogen-bond acceptors (Lipinski definition) is 5. The highest BCUT2D eigenvalue weighted by Gasteiger charge is 2.42. The van der Waals surface area contributed by atoms with Crippen molar-refractivity contribution < 1.29 is 23.8 Å². The van der Waals surface area contributed by atoms with Crippen molar-refractivity contribution in [2.75, 3.05) is 25.1 Å². The molecule has 6 nitrogen and oxygen atoms in total. The van der Waals surface area contributed by atoms with E-state index in [1.807, 2.05) is 13.8 Å². The van der Waals surface area contributed by atoms with E-state index in [0.29, 0.717) is 49.0 Å². The predicted molar refractivity (Wildman–Crippen MR) is 109 cm³/mol. The van der Waals surface area contributed by atoms with Gasteiger partial charge in [0.25, 0.3) is 5.91 Å². The highest BCUT2D eigenvalue weighted by Crippen LogP contribution is 2.36. The summed E-state index contributed by atoms with van der Waals surface area (Å²) in [6, 6.07) is 5.04. The monoisotopic (exact) mass is 391 g/mol. The average Bonchev–Trinajstić information content (AvgIpc) is 2.68. The normalized spacial score (nSPS) is 21.8. The minimum absolute atomic E-state index is 0.147. The lowest BCUT2D eigenvalue weighted by atomic mass is 9.78. The lowest BCUT2D eigenvalue weighted by Crippen LogP contribution is -2.48. The maximum absolute atomic E-state index is 13.2. The van der Waals surface area contributed by atoms with Crippen LogP contribution in [0.4, 0.5) is 5.69 Å². The van der Waals surface area contributed by atoms with Crippen LogP contribution >= 0.6 is 0 Å². The van der Waals surface area contributed by atoms with Gasteiger partial charge in [0.05, 0.1) is 13.2 Å². The van der Waals surface area contributed by atoms with Crippen LogP contribution in [0.1, 0.15) is 70.2 Å². The number of nitrogens with one attached hydrogen (secondary N) is 1. The van der Waals surface area contributed by atoms with E-state index in [0.717, 1.165) is 19.3 Å². The van der Waals surface area contributed by atoms with Crippen LogP contribution < -0.4 is 10.1 Å². The van der Waals surface area contributed by atoms with E-state index >= 15 is 0 Å². The van der Waals surface area contributed by atoms with Crippen molar-refractivity contribution in [2.45, 2.75) is 65.4 Å². The molecule has 0 spiro atoms. The van der Waals surface area contributed by atoms with Gasteiger partial charge in [-0.1, -0.05) is 20.3 Å². The quantitative estimate of drug-likeness (QED) is 0.624. The molecule has 0 saturated heterocycles. The number of hydrogen-bond donors (Lipinski definition) is 1. The molecule has 0 unspecified atom stereocenters. The Bertz CT molecular complexity index is 675. The number of carbonyl (C=O) groups excluding carboxylic acids is 2. The summed E-state index contributed by atoms with van der Waals surface area (Å²) in [5, 5.41) is 2.96. The average molecular weight is 392 g/mol. The summed E-state index contributed by atoms with van der Waals surface area (Å²) in [5.74, 6) is 0.269. The molecule has 156 valence electrons. The first-order valence-corrected chi connectivity index (χ1v) is 10.3. The number of benzene rings is 1. The summed E-state index contributed by atoms with van der Waals surface area (Å²) in [4.78, 5) is 25.5. The van der Waals surface area contributed by atoms with Crippen molar-refractivity contribution in [3.63, 3.8) is 0 Å². The number of rotatable bonds is 9. The first kappa shape index (κ1) is 22.2. The molecule has 2 rings (SSSR count). The van der Waals surface area contributed by atoms with Gasteiger partial charge in [-0.15, -0.1) is 0 Å². The number of amides is 1. The fourth-order valence-corrected chi connectivity index (χ4v) is 3.71. The molecule has 1 aliphatic rings. The molecule has 6 heteroatoms. The summed E-state index contributed by atoms with van der Waals surface area (Å²) in [7, 11) is 0. The lowest BCUT2D eigenvalue weighted by Gasteiger charge is -2.38. The van der Waals surface area contributed by atoms with Gasteiger partial charge in [-0.2, -0.15) is 0 Å². The number of anilines is 1. The molecule has 1 fully saturated rings. The van der Waals surface area contributed by atoms with Gasteiger partial charge in [-0.25, -0.2) is 4.79 Å². The summed E-state index contributed by atoms with van der Waals surface area (Å²) in [5.41, 5.74) is 0.0346. The molecule has 1 aromatic rings. The van der Waals surface area contributed by atoms with Crippen LogP contribution in [-0.4, -0.2) is 37.3 Å². The second-order valence-electron chi connectivity index (χ2n) is 7.36. The summed E-state index contributed by atoms with van der Waals surface area (Å²) >= 11 is 0. The van der Waals surface area contributed by atoms with Gasteiger partial charge in [0.1, 0.15) is 16.9 Å². The van der Waals surface area contributed by atoms with Crippen LogP contribution in [0, 0.1) is 5.92 Å². The fourth-order valence-electron chi connectivity index (χ4n) is 3.71. The van der Waals surface area contributed by atoms with Gasteiger partial charge in [0.2, 0.25) is 0 Å². The minimum Gasteiger partial charge on any atom is -0.493 e. The molecule has 1 aliphatic carbocycles. The topological polar surface area (TPSA) is 73.9 Å². The number of ether oxygens (including phenoxy) is 3. The first-order chi connectivity index (χ1) is 13.5. The Balaban J connectivity index is 2.25. The Labute approximate surface area is 167 Å².